The van der Waals surface area contributed by atoms with Gasteiger partial charge in [0.2, 0.25) is 0 Å². The fourth-order valence-electron chi connectivity index (χ4n) is 2.45. The quantitative estimate of drug-likeness (QED) is 0.863. The van der Waals surface area contributed by atoms with Crippen molar-refractivity contribution in [2.24, 2.45) is 0 Å². The van der Waals surface area contributed by atoms with Crippen LogP contribution in [0.2, 0.25) is 0 Å². The third-order valence-corrected chi connectivity index (χ3v) is 3.38. The average Bonchev–Trinajstić information content (AvgIpc) is 3.07. The van der Waals surface area contributed by atoms with Gasteiger partial charge in [-0.15, -0.1) is 0 Å². The molecule has 1 atom stereocenters. The molecule has 1 unspecified atom stereocenters. The first-order valence-electron chi connectivity index (χ1n) is 6.35. The number of rotatable bonds is 3. The number of H-pyrrole nitrogens is 1. The molecule has 0 aliphatic carbocycles. The first-order valence-corrected chi connectivity index (χ1v) is 6.35. The molecule has 1 aliphatic heterocycles. The summed E-state index contributed by atoms with van der Waals surface area (Å²) in [7, 11) is 1.61. The summed E-state index contributed by atoms with van der Waals surface area (Å²) in [6.45, 7) is 0.962. The fourth-order valence-corrected chi connectivity index (χ4v) is 2.45. The minimum atomic E-state index is -0.225. The Morgan fingerprint density at radius 2 is 2.37 bits per heavy atom. The first kappa shape index (κ1) is 12.0. The van der Waals surface area contributed by atoms with Crippen molar-refractivity contribution in [3.8, 4) is 11.4 Å². The van der Waals surface area contributed by atoms with Gasteiger partial charge in [0.15, 0.2) is 5.82 Å². The van der Waals surface area contributed by atoms with Crippen LogP contribution in [0.25, 0.3) is 5.69 Å². The second-order valence-corrected chi connectivity index (χ2v) is 4.57. The van der Waals surface area contributed by atoms with Crippen LogP contribution < -0.4 is 15.7 Å². The van der Waals surface area contributed by atoms with E-state index in [-0.39, 0.29) is 11.7 Å². The molecule has 0 radical (unpaired) electrons. The Bertz CT molecular complexity index is 626. The molecule has 100 valence electrons. The molecule has 3 rings (SSSR count). The Morgan fingerprint density at radius 1 is 1.47 bits per heavy atom. The normalized spacial score (nSPS) is 18.7. The van der Waals surface area contributed by atoms with Gasteiger partial charge in [-0.3, -0.25) is 0 Å². The van der Waals surface area contributed by atoms with Gasteiger partial charge in [0, 0.05) is 6.07 Å². The molecule has 6 nitrogen and oxygen atoms in total. The molecule has 6 heteroatoms. The summed E-state index contributed by atoms with van der Waals surface area (Å²) >= 11 is 0. The van der Waals surface area contributed by atoms with Gasteiger partial charge >= 0.3 is 5.69 Å². The van der Waals surface area contributed by atoms with Crippen molar-refractivity contribution in [2.75, 3.05) is 13.7 Å². The van der Waals surface area contributed by atoms with Crippen LogP contribution in [-0.2, 0) is 0 Å². The van der Waals surface area contributed by atoms with E-state index in [0.29, 0.717) is 0 Å². The summed E-state index contributed by atoms with van der Waals surface area (Å²) < 4.78 is 6.80. The van der Waals surface area contributed by atoms with Crippen LogP contribution >= 0.6 is 0 Å². The van der Waals surface area contributed by atoms with Gasteiger partial charge in [-0.1, -0.05) is 6.07 Å². The first-order chi connectivity index (χ1) is 9.29. The van der Waals surface area contributed by atoms with E-state index in [9.17, 15) is 4.79 Å². The summed E-state index contributed by atoms with van der Waals surface area (Å²) in [5, 5.41) is 10.0. The van der Waals surface area contributed by atoms with E-state index in [4.69, 9.17) is 4.74 Å². The van der Waals surface area contributed by atoms with Crippen LogP contribution in [0.5, 0.6) is 5.75 Å². The maximum atomic E-state index is 12.0. The van der Waals surface area contributed by atoms with E-state index in [0.717, 1.165) is 36.6 Å². The molecule has 1 aromatic heterocycles. The lowest BCUT2D eigenvalue weighted by molar-refractivity contribution is 0.414. The molecule has 19 heavy (non-hydrogen) atoms. The number of methoxy groups -OCH3 is 1. The lowest BCUT2D eigenvalue weighted by Crippen LogP contribution is -2.22. The number of benzene rings is 1. The van der Waals surface area contributed by atoms with Crippen molar-refractivity contribution in [1.82, 2.24) is 20.1 Å². The van der Waals surface area contributed by atoms with Gasteiger partial charge < -0.3 is 10.1 Å². The van der Waals surface area contributed by atoms with Crippen LogP contribution in [0.15, 0.2) is 29.1 Å². The third kappa shape index (κ3) is 2.15. The second-order valence-electron chi connectivity index (χ2n) is 4.57. The number of aromatic nitrogens is 3. The Labute approximate surface area is 110 Å². The molecule has 2 N–H and O–H groups in total. The molecule has 0 saturated carbocycles. The zero-order valence-corrected chi connectivity index (χ0v) is 10.7. The van der Waals surface area contributed by atoms with E-state index in [2.05, 4.69) is 15.5 Å². The SMILES string of the molecule is COc1cccc(-n2c(C3CCCN3)n[nH]c2=O)c1. The number of nitrogens with one attached hydrogen (secondary N) is 2. The molecule has 0 bridgehead atoms. The van der Waals surface area contributed by atoms with Crippen molar-refractivity contribution in [3.05, 3.63) is 40.6 Å². The molecule has 1 aliphatic rings. The van der Waals surface area contributed by atoms with Gasteiger partial charge in [0.1, 0.15) is 5.75 Å². The predicted octanol–water partition coefficient (Wildman–Crippen LogP) is 0.994. The zero-order valence-electron chi connectivity index (χ0n) is 10.7. The Balaban J connectivity index is 2.08. The summed E-state index contributed by atoms with van der Waals surface area (Å²) in [6, 6.07) is 7.54. The molecule has 2 heterocycles. The van der Waals surface area contributed by atoms with Crippen molar-refractivity contribution in [3.63, 3.8) is 0 Å². The number of hydrogen-bond acceptors (Lipinski definition) is 4. The van der Waals surface area contributed by atoms with Gasteiger partial charge in [-0.2, -0.15) is 5.10 Å². The monoisotopic (exact) mass is 260 g/mol. The van der Waals surface area contributed by atoms with Gasteiger partial charge in [-0.25, -0.2) is 14.5 Å². The minimum absolute atomic E-state index is 0.130. The van der Waals surface area contributed by atoms with Crippen molar-refractivity contribution < 1.29 is 4.74 Å². The van der Waals surface area contributed by atoms with Crippen LogP contribution in [0, 0.1) is 0 Å². The lowest BCUT2D eigenvalue weighted by Gasteiger charge is -2.12. The van der Waals surface area contributed by atoms with Crippen molar-refractivity contribution >= 4 is 0 Å². The van der Waals surface area contributed by atoms with E-state index in [1.54, 1.807) is 11.7 Å². The highest BCUT2D eigenvalue weighted by molar-refractivity contribution is 5.40. The van der Waals surface area contributed by atoms with Crippen molar-refractivity contribution in [2.45, 2.75) is 18.9 Å². The molecule has 1 saturated heterocycles. The predicted molar refractivity (Wildman–Crippen MR) is 70.7 cm³/mol. The number of hydrogen-bond donors (Lipinski definition) is 2. The average molecular weight is 260 g/mol. The highest BCUT2D eigenvalue weighted by atomic mass is 16.5. The van der Waals surface area contributed by atoms with Gasteiger partial charge in [-0.05, 0) is 31.5 Å². The molecule has 0 amide bonds. The second kappa shape index (κ2) is 4.89. The molecule has 0 spiro atoms. The molecule has 1 aromatic carbocycles. The molecular weight excluding hydrogens is 244 g/mol. The van der Waals surface area contributed by atoms with E-state index in [1.807, 2.05) is 24.3 Å². The summed E-state index contributed by atoms with van der Waals surface area (Å²) in [5.41, 5.74) is 0.541. The maximum absolute atomic E-state index is 12.0. The smallest absolute Gasteiger partial charge is 0.347 e. The van der Waals surface area contributed by atoms with Crippen LogP contribution in [0.4, 0.5) is 0 Å². The highest BCUT2D eigenvalue weighted by Gasteiger charge is 2.23. The third-order valence-electron chi connectivity index (χ3n) is 3.38. The largest absolute Gasteiger partial charge is 0.497 e. The Hall–Kier alpha value is -2.08. The number of nitrogens with zero attached hydrogens (tertiary/aromatic N) is 2. The maximum Gasteiger partial charge on any atom is 0.347 e. The standard InChI is InChI=1S/C13H16N4O2/c1-19-10-5-2-4-9(8-10)17-12(15-16-13(17)18)11-6-3-7-14-11/h2,4-5,8,11,14H,3,6-7H2,1H3,(H,16,18). The topological polar surface area (TPSA) is 71.9 Å². The highest BCUT2D eigenvalue weighted by Crippen LogP contribution is 2.23. The van der Waals surface area contributed by atoms with Crippen LogP contribution in [0.3, 0.4) is 0 Å². The Morgan fingerprint density at radius 3 is 3.11 bits per heavy atom. The van der Waals surface area contributed by atoms with E-state index >= 15 is 0 Å². The van der Waals surface area contributed by atoms with Gasteiger partial charge in [0.25, 0.3) is 0 Å². The number of ether oxygens (including phenoxy) is 1. The summed E-state index contributed by atoms with van der Waals surface area (Å²) in [6.07, 6.45) is 2.10. The molecular formula is C13H16N4O2. The van der Waals surface area contributed by atoms with Crippen LogP contribution in [-0.4, -0.2) is 28.4 Å². The molecule has 1 fully saturated rings. The van der Waals surface area contributed by atoms with E-state index in [1.165, 1.54) is 0 Å². The Kier molecular flexibility index (Phi) is 3.08. The summed E-state index contributed by atoms with van der Waals surface area (Å²) in [4.78, 5) is 12.0. The fraction of sp³-hybridized carbons (Fsp3) is 0.385. The lowest BCUT2D eigenvalue weighted by atomic mass is 10.2. The molecule has 2 aromatic rings. The van der Waals surface area contributed by atoms with E-state index < -0.39 is 0 Å². The zero-order chi connectivity index (χ0) is 13.2. The minimum Gasteiger partial charge on any atom is -0.497 e. The summed E-state index contributed by atoms with van der Waals surface area (Å²) in [5.74, 6) is 1.45. The number of aromatic amines is 1. The van der Waals surface area contributed by atoms with Crippen molar-refractivity contribution in [1.29, 1.82) is 0 Å². The van der Waals surface area contributed by atoms with Crippen LogP contribution in [0.1, 0.15) is 24.7 Å². The van der Waals surface area contributed by atoms with Gasteiger partial charge in [0.05, 0.1) is 18.8 Å².